The molecule has 0 bridgehead atoms. The molecule has 1 aromatic carbocycles. The SMILES string of the molecule is CCC(c1ccccc1)C(CC1CCCCC1)NC. The number of hydrogen-bond acceptors (Lipinski definition) is 1. The minimum atomic E-state index is 0.635. The third-order valence-corrected chi connectivity index (χ3v) is 4.84. The number of nitrogens with one attached hydrogen (secondary N) is 1. The largest absolute Gasteiger partial charge is 0.316 e. The molecule has 19 heavy (non-hydrogen) atoms. The monoisotopic (exact) mass is 259 g/mol. The first-order chi connectivity index (χ1) is 9.35. The van der Waals surface area contributed by atoms with Gasteiger partial charge < -0.3 is 5.32 Å². The fourth-order valence-electron chi connectivity index (χ4n) is 3.72. The van der Waals surface area contributed by atoms with Crippen LogP contribution in [0.15, 0.2) is 30.3 Å². The summed E-state index contributed by atoms with van der Waals surface area (Å²) in [5, 5.41) is 3.60. The molecule has 106 valence electrons. The van der Waals surface area contributed by atoms with Gasteiger partial charge in [-0.1, -0.05) is 69.4 Å². The van der Waals surface area contributed by atoms with E-state index in [0.29, 0.717) is 12.0 Å². The van der Waals surface area contributed by atoms with Gasteiger partial charge in [-0.15, -0.1) is 0 Å². The average Bonchev–Trinajstić information content (AvgIpc) is 2.49. The van der Waals surface area contributed by atoms with E-state index in [0.717, 1.165) is 5.92 Å². The van der Waals surface area contributed by atoms with Gasteiger partial charge >= 0.3 is 0 Å². The van der Waals surface area contributed by atoms with E-state index in [1.54, 1.807) is 0 Å². The summed E-state index contributed by atoms with van der Waals surface area (Å²) in [5.41, 5.74) is 1.50. The third-order valence-electron chi connectivity index (χ3n) is 4.84. The van der Waals surface area contributed by atoms with Crippen molar-refractivity contribution in [3.05, 3.63) is 35.9 Å². The van der Waals surface area contributed by atoms with Gasteiger partial charge in [0, 0.05) is 6.04 Å². The highest BCUT2D eigenvalue weighted by Gasteiger charge is 2.24. The zero-order valence-electron chi connectivity index (χ0n) is 12.6. The van der Waals surface area contributed by atoms with Crippen LogP contribution in [-0.4, -0.2) is 13.1 Å². The molecule has 0 aromatic heterocycles. The topological polar surface area (TPSA) is 12.0 Å². The smallest absolute Gasteiger partial charge is 0.0135 e. The Labute approximate surface area is 118 Å². The molecule has 2 rings (SSSR count). The summed E-state index contributed by atoms with van der Waals surface area (Å²) in [6.07, 6.45) is 9.82. The molecule has 1 aliphatic carbocycles. The van der Waals surface area contributed by atoms with E-state index in [-0.39, 0.29) is 0 Å². The number of benzene rings is 1. The van der Waals surface area contributed by atoms with Crippen molar-refractivity contribution >= 4 is 0 Å². The molecule has 0 radical (unpaired) electrons. The third kappa shape index (κ3) is 4.07. The molecule has 0 heterocycles. The maximum Gasteiger partial charge on any atom is 0.0135 e. The van der Waals surface area contributed by atoms with Crippen LogP contribution >= 0.6 is 0 Å². The first-order valence-corrected chi connectivity index (χ1v) is 8.07. The van der Waals surface area contributed by atoms with Crippen molar-refractivity contribution in [2.75, 3.05) is 7.05 Å². The van der Waals surface area contributed by atoms with Gasteiger partial charge in [0.15, 0.2) is 0 Å². The lowest BCUT2D eigenvalue weighted by Crippen LogP contribution is -2.34. The minimum Gasteiger partial charge on any atom is -0.316 e. The molecule has 1 aromatic rings. The Morgan fingerprint density at radius 2 is 1.79 bits per heavy atom. The zero-order valence-corrected chi connectivity index (χ0v) is 12.6. The maximum atomic E-state index is 3.60. The average molecular weight is 259 g/mol. The van der Waals surface area contributed by atoms with E-state index in [2.05, 4.69) is 49.6 Å². The molecule has 1 heteroatoms. The second-order valence-corrected chi connectivity index (χ2v) is 6.06. The van der Waals surface area contributed by atoms with E-state index < -0.39 is 0 Å². The molecule has 0 amide bonds. The van der Waals surface area contributed by atoms with Gasteiger partial charge in [0.2, 0.25) is 0 Å². The Bertz CT molecular complexity index is 340. The van der Waals surface area contributed by atoms with Crippen LogP contribution in [0.1, 0.15) is 63.4 Å². The second-order valence-electron chi connectivity index (χ2n) is 6.06. The summed E-state index contributed by atoms with van der Waals surface area (Å²) in [6, 6.07) is 11.7. The summed E-state index contributed by atoms with van der Waals surface area (Å²) in [4.78, 5) is 0. The Balaban J connectivity index is 2.01. The van der Waals surface area contributed by atoms with E-state index in [1.165, 1.54) is 50.5 Å². The van der Waals surface area contributed by atoms with Crippen molar-refractivity contribution in [2.45, 2.75) is 63.8 Å². The van der Waals surface area contributed by atoms with Gasteiger partial charge in [0.25, 0.3) is 0 Å². The second kappa shape index (κ2) is 7.69. The van der Waals surface area contributed by atoms with Crippen molar-refractivity contribution in [2.24, 2.45) is 5.92 Å². The summed E-state index contributed by atoms with van der Waals surface area (Å²) >= 11 is 0. The molecule has 1 aliphatic rings. The van der Waals surface area contributed by atoms with E-state index >= 15 is 0 Å². The van der Waals surface area contributed by atoms with Crippen LogP contribution in [0.3, 0.4) is 0 Å². The lowest BCUT2D eigenvalue weighted by molar-refractivity contribution is 0.282. The standard InChI is InChI=1S/C18H29N/c1-3-17(16-12-8-5-9-13-16)18(19-2)14-15-10-6-4-7-11-15/h5,8-9,12-13,15,17-19H,3-4,6-7,10-11,14H2,1-2H3. The van der Waals surface area contributed by atoms with Crippen LogP contribution in [0, 0.1) is 5.92 Å². The van der Waals surface area contributed by atoms with Crippen LogP contribution in [-0.2, 0) is 0 Å². The zero-order chi connectivity index (χ0) is 13.5. The lowest BCUT2D eigenvalue weighted by atomic mass is 9.79. The van der Waals surface area contributed by atoms with Crippen LogP contribution < -0.4 is 5.32 Å². The van der Waals surface area contributed by atoms with Gasteiger partial charge in [-0.05, 0) is 37.3 Å². The summed E-state index contributed by atoms with van der Waals surface area (Å²) in [7, 11) is 2.14. The number of likely N-dealkylation sites (N-methyl/N-ethyl adjacent to an activating group) is 1. The molecule has 1 N–H and O–H groups in total. The van der Waals surface area contributed by atoms with Crippen LogP contribution in [0.5, 0.6) is 0 Å². The Morgan fingerprint density at radius 1 is 1.11 bits per heavy atom. The van der Waals surface area contributed by atoms with Gasteiger partial charge in [-0.2, -0.15) is 0 Å². The van der Waals surface area contributed by atoms with Crippen molar-refractivity contribution in [1.29, 1.82) is 0 Å². The number of rotatable bonds is 6. The summed E-state index contributed by atoms with van der Waals surface area (Å²) in [6.45, 7) is 2.32. The molecule has 2 unspecified atom stereocenters. The molecule has 1 nitrogen and oxygen atoms in total. The van der Waals surface area contributed by atoms with Crippen molar-refractivity contribution in [3.63, 3.8) is 0 Å². The summed E-state index contributed by atoms with van der Waals surface area (Å²) in [5.74, 6) is 1.61. The van der Waals surface area contributed by atoms with E-state index in [9.17, 15) is 0 Å². The predicted octanol–water partition coefficient (Wildman–Crippen LogP) is 4.74. The van der Waals surface area contributed by atoms with Crippen LogP contribution in [0.2, 0.25) is 0 Å². The van der Waals surface area contributed by atoms with Crippen molar-refractivity contribution < 1.29 is 0 Å². The highest BCUT2D eigenvalue weighted by atomic mass is 14.9. The Hall–Kier alpha value is -0.820. The molecule has 1 saturated carbocycles. The fraction of sp³-hybridized carbons (Fsp3) is 0.667. The van der Waals surface area contributed by atoms with Crippen LogP contribution in [0.4, 0.5) is 0 Å². The van der Waals surface area contributed by atoms with E-state index in [1.807, 2.05) is 0 Å². The van der Waals surface area contributed by atoms with Crippen molar-refractivity contribution in [1.82, 2.24) is 5.32 Å². The van der Waals surface area contributed by atoms with Gasteiger partial charge in [0.05, 0.1) is 0 Å². The molecule has 0 spiro atoms. The molecule has 0 aliphatic heterocycles. The molecular formula is C18H29N. The van der Waals surface area contributed by atoms with Crippen LogP contribution in [0.25, 0.3) is 0 Å². The Kier molecular flexibility index (Phi) is 5.91. The number of hydrogen-bond donors (Lipinski definition) is 1. The Morgan fingerprint density at radius 3 is 2.37 bits per heavy atom. The first kappa shape index (κ1) is 14.6. The summed E-state index contributed by atoms with van der Waals surface area (Å²) < 4.78 is 0. The quantitative estimate of drug-likeness (QED) is 0.778. The highest BCUT2D eigenvalue weighted by Crippen LogP contribution is 2.32. The van der Waals surface area contributed by atoms with Crippen molar-refractivity contribution in [3.8, 4) is 0 Å². The fourth-order valence-corrected chi connectivity index (χ4v) is 3.72. The molecular weight excluding hydrogens is 230 g/mol. The minimum absolute atomic E-state index is 0.635. The maximum absolute atomic E-state index is 3.60. The highest BCUT2D eigenvalue weighted by molar-refractivity contribution is 5.21. The normalized spacial score (nSPS) is 20.1. The molecule has 1 fully saturated rings. The predicted molar refractivity (Wildman–Crippen MR) is 83.5 cm³/mol. The van der Waals surface area contributed by atoms with Gasteiger partial charge in [-0.3, -0.25) is 0 Å². The van der Waals surface area contributed by atoms with Gasteiger partial charge in [-0.25, -0.2) is 0 Å². The first-order valence-electron chi connectivity index (χ1n) is 8.07. The lowest BCUT2D eigenvalue weighted by Gasteiger charge is -2.31. The molecule has 2 atom stereocenters. The van der Waals surface area contributed by atoms with E-state index in [4.69, 9.17) is 0 Å². The van der Waals surface area contributed by atoms with Gasteiger partial charge in [0.1, 0.15) is 0 Å². The molecule has 0 saturated heterocycles.